The van der Waals surface area contributed by atoms with Crippen molar-refractivity contribution in [2.45, 2.75) is 0 Å². The third-order valence-electron chi connectivity index (χ3n) is 1.71. The Hall–Kier alpha value is -1.64. The maximum absolute atomic E-state index is 12.8. The van der Waals surface area contributed by atoms with Crippen LogP contribution in [0.2, 0.25) is 0 Å². The van der Waals surface area contributed by atoms with Gasteiger partial charge in [-0.05, 0) is 24.3 Å². The van der Waals surface area contributed by atoms with E-state index in [2.05, 4.69) is 4.98 Å². The summed E-state index contributed by atoms with van der Waals surface area (Å²) in [6.07, 6.45) is 1.60. The summed E-state index contributed by atoms with van der Waals surface area (Å²) in [5.74, 6) is -0.948. The zero-order valence-corrected chi connectivity index (χ0v) is 6.16. The van der Waals surface area contributed by atoms with Crippen LogP contribution in [0.25, 0.3) is 10.9 Å². The van der Waals surface area contributed by atoms with Gasteiger partial charge in [-0.2, -0.15) is 0 Å². The SMILES string of the molecule is Oc1c(F)ccc2ncccc12. The number of hydrogen-bond acceptors (Lipinski definition) is 2. The van der Waals surface area contributed by atoms with Crippen molar-refractivity contribution in [3.8, 4) is 5.75 Å². The fraction of sp³-hybridized carbons (Fsp3) is 0. The van der Waals surface area contributed by atoms with Crippen LogP contribution in [0.15, 0.2) is 30.5 Å². The van der Waals surface area contributed by atoms with Gasteiger partial charge in [0.15, 0.2) is 11.6 Å². The lowest BCUT2D eigenvalue weighted by Gasteiger charge is -1.99. The molecule has 12 heavy (non-hydrogen) atoms. The summed E-state index contributed by atoms with van der Waals surface area (Å²) >= 11 is 0. The smallest absolute Gasteiger partial charge is 0.165 e. The molecule has 2 aromatic rings. The predicted molar refractivity (Wildman–Crippen MR) is 43.4 cm³/mol. The molecule has 2 rings (SSSR count). The lowest BCUT2D eigenvalue weighted by molar-refractivity contribution is 0.438. The first kappa shape index (κ1) is 7.03. The molecule has 0 aliphatic heterocycles. The van der Waals surface area contributed by atoms with E-state index in [9.17, 15) is 9.50 Å². The fourth-order valence-electron chi connectivity index (χ4n) is 1.11. The summed E-state index contributed by atoms with van der Waals surface area (Å²) in [5, 5.41) is 9.69. The molecular weight excluding hydrogens is 157 g/mol. The standard InChI is InChI=1S/C9H6FNO/c10-7-3-4-8-6(9(7)12)2-1-5-11-8/h1-5,12H. The van der Waals surface area contributed by atoms with Crippen molar-refractivity contribution in [2.24, 2.45) is 0 Å². The Kier molecular flexibility index (Phi) is 1.43. The summed E-state index contributed by atoms with van der Waals surface area (Å²) in [5.41, 5.74) is 0.594. The second-order valence-electron chi connectivity index (χ2n) is 2.47. The zero-order chi connectivity index (χ0) is 8.55. The number of nitrogens with zero attached hydrogens (tertiary/aromatic N) is 1. The van der Waals surface area contributed by atoms with Gasteiger partial charge >= 0.3 is 0 Å². The second kappa shape index (κ2) is 2.44. The number of benzene rings is 1. The van der Waals surface area contributed by atoms with Crippen molar-refractivity contribution in [1.82, 2.24) is 4.98 Å². The van der Waals surface area contributed by atoms with Gasteiger partial charge in [0.2, 0.25) is 0 Å². The minimum absolute atomic E-state index is 0.333. The number of halogens is 1. The molecule has 3 heteroatoms. The largest absolute Gasteiger partial charge is 0.504 e. The van der Waals surface area contributed by atoms with E-state index in [1.165, 1.54) is 12.1 Å². The van der Waals surface area contributed by atoms with E-state index in [1.54, 1.807) is 18.3 Å². The summed E-state index contributed by atoms with van der Waals surface area (Å²) < 4.78 is 12.8. The maximum atomic E-state index is 12.8. The number of aromatic hydroxyl groups is 1. The molecule has 1 aromatic heterocycles. The van der Waals surface area contributed by atoms with Gasteiger partial charge in [-0.15, -0.1) is 0 Å². The molecule has 0 spiro atoms. The average molecular weight is 163 g/mol. The average Bonchev–Trinajstić information content (AvgIpc) is 2.12. The van der Waals surface area contributed by atoms with Crippen LogP contribution in [0.5, 0.6) is 5.75 Å². The molecule has 0 amide bonds. The zero-order valence-electron chi connectivity index (χ0n) is 6.16. The number of phenols is 1. The van der Waals surface area contributed by atoms with Crippen LogP contribution >= 0.6 is 0 Å². The van der Waals surface area contributed by atoms with E-state index < -0.39 is 5.82 Å². The molecule has 0 aliphatic carbocycles. The normalized spacial score (nSPS) is 10.4. The Balaban J connectivity index is 2.91. The molecule has 0 atom stereocenters. The highest BCUT2D eigenvalue weighted by Crippen LogP contribution is 2.25. The third-order valence-corrected chi connectivity index (χ3v) is 1.71. The minimum Gasteiger partial charge on any atom is -0.504 e. The van der Waals surface area contributed by atoms with Crippen LogP contribution in [0.1, 0.15) is 0 Å². The van der Waals surface area contributed by atoms with E-state index in [0.717, 1.165) is 0 Å². The molecular formula is C9H6FNO. The Bertz CT molecular complexity index is 428. The van der Waals surface area contributed by atoms with Gasteiger partial charge in [-0.1, -0.05) is 0 Å². The van der Waals surface area contributed by atoms with E-state index in [0.29, 0.717) is 10.9 Å². The number of aromatic nitrogens is 1. The highest BCUT2D eigenvalue weighted by atomic mass is 19.1. The molecule has 60 valence electrons. The van der Waals surface area contributed by atoms with Crippen LogP contribution < -0.4 is 0 Å². The molecule has 2 nitrogen and oxygen atoms in total. The number of fused-ring (bicyclic) bond motifs is 1. The topological polar surface area (TPSA) is 33.1 Å². The molecule has 0 fully saturated rings. The third kappa shape index (κ3) is 0.906. The summed E-state index contributed by atoms with van der Waals surface area (Å²) in [6.45, 7) is 0. The van der Waals surface area contributed by atoms with Crippen molar-refractivity contribution in [3.63, 3.8) is 0 Å². The van der Waals surface area contributed by atoms with Gasteiger partial charge in [0.25, 0.3) is 0 Å². The van der Waals surface area contributed by atoms with Gasteiger partial charge in [-0.25, -0.2) is 4.39 Å². The van der Waals surface area contributed by atoms with Crippen molar-refractivity contribution < 1.29 is 9.50 Å². The summed E-state index contributed by atoms with van der Waals surface area (Å²) in [4.78, 5) is 3.96. The Morgan fingerprint density at radius 2 is 2.08 bits per heavy atom. The van der Waals surface area contributed by atoms with E-state index >= 15 is 0 Å². The molecule has 0 bridgehead atoms. The van der Waals surface area contributed by atoms with Crippen LogP contribution in [0.3, 0.4) is 0 Å². The number of hydrogen-bond donors (Lipinski definition) is 1. The van der Waals surface area contributed by atoms with Crippen LogP contribution in [0.4, 0.5) is 4.39 Å². The summed E-state index contributed by atoms with van der Waals surface area (Å²) in [7, 11) is 0. The molecule has 1 heterocycles. The van der Waals surface area contributed by atoms with Crippen LogP contribution in [-0.2, 0) is 0 Å². The van der Waals surface area contributed by atoms with Gasteiger partial charge < -0.3 is 5.11 Å². The first-order valence-electron chi connectivity index (χ1n) is 3.51. The van der Waals surface area contributed by atoms with E-state index in [4.69, 9.17) is 0 Å². The first-order chi connectivity index (χ1) is 5.79. The first-order valence-corrected chi connectivity index (χ1v) is 3.51. The molecule has 0 saturated carbocycles. The van der Waals surface area contributed by atoms with Crippen molar-refractivity contribution in [3.05, 3.63) is 36.3 Å². The van der Waals surface area contributed by atoms with Gasteiger partial charge in [0, 0.05) is 11.6 Å². The number of rotatable bonds is 0. The van der Waals surface area contributed by atoms with Crippen LogP contribution in [0, 0.1) is 5.82 Å². The van der Waals surface area contributed by atoms with E-state index in [-0.39, 0.29) is 5.75 Å². The maximum Gasteiger partial charge on any atom is 0.165 e. The van der Waals surface area contributed by atoms with Crippen molar-refractivity contribution in [1.29, 1.82) is 0 Å². The fourth-order valence-corrected chi connectivity index (χ4v) is 1.11. The monoisotopic (exact) mass is 163 g/mol. The van der Waals surface area contributed by atoms with Crippen molar-refractivity contribution >= 4 is 10.9 Å². The molecule has 1 N–H and O–H groups in total. The molecule has 0 saturated heterocycles. The molecule has 1 aromatic carbocycles. The van der Waals surface area contributed by atoms with Gasteiger partial charge in [0.1, 0.15) is 0 Å². The van der Waals surface area contributed by atoms with Gasteiger partial charge in [-0.3, -0.25) is 4.98 Å². The van der Waals surface area contributed by atoms with Crippen molar-refractivity contribution in [2.75, 3.05) is 0 Å². The van der Waals surface area contributed by atoms with E-state index in [1.807, 2.05) is 0 Å². The Labute approximate surface area is 68.3 Å². The lowest BCUT2D eigenvalue weighted by Crippen LogP contribution is -1.81. The molecule has 0 unspecified atom stereocenters. The highest BCUT2D eigenvalue weighted by molar-refractivity contribution is 5.84. The minimum atomic E-state index is -0.615. The lowest BCUT2D eigenvalue weighted by atomic mass is 10.2. The van der Waals surface area contributed by atoms with Crippen LogP contribution in [-0.4, -0.2) is 10.1 Å². The van der Waals surface area contributed by atoms with Gasteiger partial charge in [0.05, 0.1) is 5.52 Å². The second-order valence-corrected chi connectivity index (χ2v) is 2.47. The molecule has 0 aliphatic rings. The quantitative estimate of drug-likeness (QED) is 0.645. The predicted octanol–water partition coefficient (Wildman–Crippen LogP) is 2.08. The summed E-state index contributed by atoms with van der Waals surface area (Å²) in [6, 6.07) is 6.01. The molecule has 0 radical (unpaired) electrons. The Morgan fingerprint density at radius 3 is 2.92 bits per heavy atom. The Morgan fingerprint density at radius 1 is 1.25 bits per heavy atom. The highest BCUT2D eigenvalue weighted by Gasteiger charge is 2.04. The number of pyridine rings is 1. The number of phenolic OH excluding ortho intramolecular Hbond substituents is 1.